The number of pyridine rings is 1. The third-order valence-corrected chi connectivity index (χ3v) is 3.55. The van der Waals surface area contributed by atoms with Crippen LogP contribution in [0.25, 0.3) is 0 Å². The second-order valence-corrected chi connectivity index (χ2v) is 5.28. The number of aromatic nitrogens is 1. The molecule has 2 rings (SSSR count). The van der Waals surface area contributed by atoms with Crippen molar-refractivity contribution in [3.63, 3.8) is 0 Å². The molecule has 1 aliphatic rings. The lowest BCUT2D eigenvalue weighted by Gasteiger charge is -2.29. The van der Waals surface area contributed by atoms with E-state index in [1.807, 2.05) is 6.92 Å². The number of amides is 1. The molecule has 1 fully saturated rings. The first kappa shape index (κ1) is 14.7. The van der Waals surface area contributed by atoms with Gasteiger partial charge in [0, 0.05) is 18.8 Å². The van der Waals surface area contributed by atoms with Crippen molar-refractivity contribution in [3.8, 4) is 0 Å². The first-order chi connectivity index (χ1) is 9.70. The number of carbonyl (C=O) groups is 1. The number of nitrogens with one attached hydrogen (secondary N) is 2. The summed E-state index contributed by atoms with van der Waals surface area (Å²) >= 11 is 0. The number of nitrogens with zero attached hydrogens (tertiary/aromatic N) is 2. The zero-order valence-electron chi connectivity index (χ0n) is 11.9. The first-order valence-corrected chi connectivity index (χ1v) is 7.15. The average Bonchev–Trinajstić information content (AvgIpc) is 2.48. The Kier molecular flexibility index (Phi) is 5.31. The molecule has 0 bridgehead atoms. The summed E-state index contributed by atoms with van der Waals surface area (Å²) in [4.78, 5) is 18.6. The summed E-state index contributed by atoms with van der Waals surface area (Å²) < 4.78 is 0. The number of likely N-dealkylation sites (tertiary alicyclic amines) is 1. The van der Waals surface area contributed by atoms with E-state index in [0.717, 1.165) is 19.6 Å². The minimum Gasteiger partial charge on any atom is -0.348 e. The Morgan fingerprint density at radius 2 is 2.20 bits per heavy atom. The Bertz CT molecular complexity index is 445. The second kappa shape index (κ2) is 7.21. The summed E-state index contributed by atoms with van der Waals surface area (Å²) in [5.41, 5.74) is 2.92. The van der Waals surface area contributed by atoms with Crippen LogP contribution in [0.1, 0.15) is 36.5 Å². The van der Waals surface area contributed by atoms with Crippen LogP contribution in [0.3, 0.4) is 0 Å². The van der Waals surface area contributed by atoms with E-state index in [1.54, 1.807) is 18.3 Å². The molecule has 2 heterocycles. The molecule has 0 aromatic carbocycles. The fourth-order valence-electron chi connectivity index (χ4n) is 2.58. The molecule has 1 unspecified atom stereocenters. The molecule has 0 radical (unpaired) electrons. The number of rotatable bonds is 5. The first-order valence-electron chi connectivity index (χ1n) is 7.15. The van der Waals surface area contributed by atoms with E-state index in [1.165, 1.54) is 19.3 Å². The summed E-state index contributed by atoms with van der Waals surface area (Å²) in [7, 11) is 0. The maximum absolute atomic E-state index is 12.2. The molecule has 1 aromatic heterocycles. The topological polar surface area (TPSA) is 83.3 Å². The standard InChI is InChI=1S/C14H23N5O/c1-11(10-19-8-3-2-4-9-19)17-14(20)12-6-5-7-16-13(12)18-15/h5-7,11H,2-4,8-10,15H2,1H3,(H,16,18)(H,17,20). The molecule has 110 valence electrons. The van der Waals surface area contributed by atoms with Gasteiger partial charge in [-0.25, -0.2) is 10.8 Å². The van der Waals surface area contributed by atoms with E-state index >= 15 is 0 Å². The summed E-state index contributed by atoms with van der Waals surface area (Å²) in [6, 6.07) is 3.54. The Hall–Kier alpha value is -1.66. The van der Waals surface area contributed by atoms with E-state index in [4.69, 9.17) is 5.84 Å². The fraction of sp³-hybridized carbons (Fsp3) is 0.571. The number of piperidine rings is 1. The second-order valence-electron chi connectivity index (χ2n) is 5.28. The van der Waals surface area contributed by atoms with Gasteiger partial charge in [0.05, 0.1) is 5.56 Å². The molecule has 1 atom stereocenters. The number of nitrogens with two attached hydrogens (primary N) is 1. The van der Waals surface area contributed by atoms with E-state index in [0.29, 0.717) is 11.4 Å². The molecule has 20 heavy (non-hydrogen) atoms. The van der Waals surface area contributed by atoms with Crippen molar-refractivity contribution in [2.45, 2.75) is 32.2 Å². The Labute approximate surface area is 119 Å². The van der Waals surface area contributed by atoms with Gasteiger partial charge in [0.2, 0.25) is 0 Å². The number of hydrogen-bond donors (Lipinski definition) is 3. The third-order valence-electron chi connectivity index (χ3n) is 3.55. The summed E-state index contributed by atoms with van der Waals surface area (Å²) in [5.74, 6) is 5.62. The monoisotopic (exact) mass is 277 g/mol. The highest BCUT2D eigenvalue weighted by Crippen LogP contribution is 2.11. The molecule has 0 aliphatic carbocycles. The van der Waals surface area contributed by atoms with Crippen molar-refractivity contribution in [2.24, 2.45) is 5.84 Å². The number of carbonyl (C=O) groups excluding carboxylic acids is 1. The lowest BCUT2D eigenvalue weighted by Crippen LogP contribution is -2.43. The van der Waals surface area contributed by atoms with Crippen molar-refractivity contribution in [1.29, 1.82) is 0 Å². The van der Waals surface area contributed by atoms with Gasteiger partial charge in [0.15, 0.2) is 5.82 Å². The SMILES string of the molecule is CC(CN1CCCCC1)NC(=O)c1cccnc1NN. The van der Waals surface area contributed by atoms with Crippen LogP contribution >= 0.6 is 0 Å². The molecule has 0 spiro atoms. The Balaban J connectivity index is 1.89. The molecule has 1 amide bonds. The molecule has 6 heteroatoms. The fourth-order valence-corrected chi connectivity index (χ4v) is 2.58. The summed E-state index contributed by atoms with van der Waals surface area (Å²) in [6.45, 7) is 5.17. The lowest BCUT2D eigenvalue weighted by molar-refractivity contribution is 0.0926. The minimum atomic E-state index is -0.143. The van der Waals surface area contributed by atoms with E-state index in [-0.39, 0.29) is 11.9 Å². The van der Waals surface area contributed by atoms with Crippen LogP contribution in [-0.4, -0.2) is 41.5 Å². The van der Waals surface area contributed by atoms with E-state index in [9.17, 15) is 4.79 Å². The molecular formula is C14H23N5O. The number of nitrogen functional groups attached to an aromatic ring is 1. The van der Waals surface area contributed by atoms with Gasteiger partial charge in [0.25, 0.3) is 5.91 Å². The van der Waals surface area contributed by atoms with E-state index in [2.05, 4.69) is 20.6 Å². The van der Waals surface area contributed by atoms with Crippen LogP contribution in [0.2, 0.25) is 0 Å². The highest BCUT2D eigenvalue weighted by atomic mass is 16.1. The van der Waals surface area contributed by atoms with Crippen molar-refractivity contribution >= 4 is 11.7 Å². The van der Waals surface area contributed by atoms with Crippen LogP contribution in [0.4, 0.5) is 5.82 Å². The normalized spacial score (nSPS) is 17.5. The van der Waals surface area contributed by atoms with Crippen LogP contribution in [0.5, 0.6) is 0 Å². The van der Waals surface area contributed by atoms with Gasteiger partial charge >= 0.3 is 0 Å². The smallest absolute Gasteiger partial charge is 0.255 e. The number of anilines is 1. The van der Waals surface area contributed by atoms with Crippen molar-refractivity contribution < 1.29 is 4.79 Å². The molecular weight excluding hydrogens is 254 g/mol. The Morgan fingerprint density at radius 1 is 1.45 bits per heavy atom. The third kappa shape index (κ3) is 3.91. The molecule has 0 saturated carbocycles. The summed E-state index contributed by atoms with van der Waals surface area (Å²) in [5, 5.41) is 3.00. The van der Waals surface area contributed by atoms with Gasteiger partial charge in [-0.2, -0.15) is 0 Å². The maximum atomic E-state index is 12.2. The quantitative estimate of drug-likeness (QED) is 0.552. The number of hydrazine groups is 1. The lowest BCUT2D eigenvalue weighted by atomic mass is 10.1. The molecule has 1 saturated heterocycles. The Morgan fingerprint density at radius 3 is 2.90 bits per heavy atom. The molecule has 1 aromatic rings. The predicted octanol–water partition coefficient (Wildman–Crippen LogP) is 0.971. The van der Waals surface area contributed by atoms with Gasteiger partial charge in [0.1, 0.15) is 0 Å². The highest BCUT2D eigenvalue weighted by molar-refractivity contribution is 5.98. The minimum absolute atomic E-state index is 0.103. The zero-order chi connectivity index (χ0) is 14.4. The summed E-state index contributed by atoms with van der Waals surface area (Å²) in [6.07, 6.45) is 5.43. The van der Waals surface area contributed by atoms with Crippen molar-refractivity contribution in [3.05, 3.63) is 23.9 Å². The molecule has 6 nitrogen and oxygen atoms in total. The zero-order valence-corrected chi connectivity index (χ0v) is 11.9. The largest absolute Gasteiger partial charge is 0.348 e. The van der Waals surface area contributed by atoms with Crippen LogP contribution in [0.15, 0.2) is 18.3 Å². The number of hydrogen-bond acceptors (Lipinski definition) is 5. The van der Waals surface area contributed by atoms with Crippen LogP contribution in [0, 0.1) is 0 Å². The predicted molar refractivity (Wildman–Crippen MR) is 79.3 cm³/mol. The molecule has 4 N–H and O–H groups in total. The van der Waals surface area contributed by atoms with E-state index < -0.39 is 0 Å². The van der Waals surface area contributed by atoms with Gasteiger partial charge in [-0.3, -0.25) is 4.79 Å². The van der Waals surface area contributed by atoms with Gasteiger partial charge in [-0.1, -0.05) is 6.42 Å². The van der Waals surface area contributed by atoms with Crippen molar-refractivity contribution in [2.75, 3.05) is 25.1 Å². The molecule has 1 aliphatic heterocycles. The van der Waals surface area contributed by atoms with Crippen LogP contribution < -0.4 is 16.6 Å². The van der Waals surface area contributed by atoms with Gasteiger partial charge in [-0.05, 0) is 45.0 Å². The van der Waals surface area contributed by atoms with Crippen LogP contribution in [-0.2, 0) is 0 Å². The van der Waals surface area contributed by atoms with Gasteiger partial charge < -0.3 is 15.6 Å². The average molecular weight is 277 g/mol. The maximum Gasteiger partial charge on any atom is 0.255 e. The van der Waals surface area contributed by atoms with Crippen molar-refractivity contribution in [1.82, 2.24) is 15.2 Å². The van der Waals surface area contributed by atoms with Gasteiger partial charge in [-0.15, -0.1) is 0 Å². The highest BCUT2D eigenvalue weighted by Gasteiger charge is 2.17.